The van der Waals surface area contributed by atoms with Crippen molar-refractivity contribution in [3.63, 3.8) is 0 Å². The Morgan fingerprint density at radius 1 is 0.778 bits per heavy atom. The summed E-state index contributed by atoms with van der Waals surface area (Å²) in [6.07, 6.45) is 5.68. The van der Waals surface area contributed by atoms with Gasteiger partial charge in [-0.3, -0.25) is 0 Å². The van der Waals surface area contributed by atoms with Gasteiger partial charge in [-0.2, -0.15) is 0 Å². The maximum Gasteiger partial charge on any atom is 0.114 e. The summed E-state index contributed by atoms with van der Waals surface area (Å²) in [5.41, 5.74) is 14.9. The molecule has 7 rings (SSSR count). The Bertz CT molecular complexity index is 1620. The van der Waals surface area contributed by atoms with E-state index in [2.05, 4.69) is 120 Å². The van der Waals surface area contributed by atoms with E-state index in [9.17, 15) is 0 Å². The summed E-state index contributed by atoms with van der Waals surface area (Å²) in [6, 6.07) is 31.3. The van der Waals surface area contributed by atoms with Crippen molar-refractivity contribution in [3.8, 4) is 11.1 Å². The highest BCUT2D eigenvalue weighted by atomic mass is 31.0. The molecule has 3 aliphatic rings. The minimum atomic E-state index is -0.363. The molecule has 1 atom stereocenters. The Hall–Kier alpha value is -3.41. The molecule has 2 radical (unpaired) electrons. The fourth-order valence-corrected chi connectivity index (χ4v) is 7.60. The predicted molar refractivity (Wildman–Crippen MR) is 155 cm³/mol. The number of hydrogen-bond acceptors (Lipinski definition) is 0. The van der Waals surface area contributed by atoms with E-state index in [1.165, 1.54) is 60.9 Å². The van der Waals surface area contributed by atoms with Crippen molar-refractivity contribution in [1.82, 2.24) is 0 Å². The molecule has 2 heteroatoms. The van der Waals surface area contributed by atoms with Gasteiger partial charge in [-0.1, -0.05) is 114 Å². The smallest absolute Gasteiger partial charge is 0.113 e. The first kappa shape index (κ1) is 21.8. The molecule has 0 aromatic heterocycles. The molecule has 0 N–H and O–H groups in total. The first-order valence-corrected chi connectivity index (χ1v) is 13.2. The van der Waals surface area contributed by atoms with Crippen LogP contribution in [0.5, 0.6) is 0 Å². The van der Waals surface area contributed by atoms with Crippen molar-refractivity contribution in [2.45, 2.75) is 31.6 Å². The fraction of sp³-hybridized carbons (Fsp3) is 0.147. The van der Waals surface area contributed by atoms with E-state index >= 15 is 0 Å². The van der Waals surface area contributed by atoms with Crippen molar-refractivity contribution < 1.29 is 0 Å². The zero-order valence-electron chi connectivity index (χ0n) is 20.6. The molecular formula is C34H26BP. The van der Waals surface area contributed by atoms with E-state index in [4.69, 9.17) is 7.85 Å². The van der Waals surface area contributed by atoms with Gasteiger partial charge < -0.3 is 0 Å². The van der Waals surface area contributed by atoms with E-state index in [0.717, 1.165) is 17.4 Å². The van der Waals surface area contributed by atoms with Gasteiger partial charge in [0, 0.05) is 11.2 Å². The molecule has 36 heavy (non-hydrogen) atoms. The zero-order chi connectivity index (χ0) is 24.6. The normalized spacial score (nSPS) is 18.6. The second-order valence-electron chi connectivity index (χ2n) is 10.4. The zero-order valence-corrected chi connectivity index (χ0v) is 21.6. The SMILES string of the molecule is [B]c1c(C)cc(C)cc1C1CC=CC2=C1C(=P)c1ccccc1C21c2ccccc2-c2ccccc21. The Morgan fingerprint density at radius 3 is 1.97 bits per heavy atom. The van der Waals surface area contributed by atoms with Crippen LogP contribution in [0, 0.1) is 13.8 Å². The van der Waals surface area contributed by atoms with Crippen LogP contribution in [0.4, 0.5) is 0 Å². The maximum atomic E-state index is 6.77. The summed E-state index contributed by atoms with van der Waals surface area (Å²) in [5, 5.41) is 1.18. The molecule has 4 aromatic rings. The van der Waals surface area contributed by atoms with Crippen LogP contribution in [-0.2, 0) is 5.41 Å². The molecule has 4 aromatic carbocycles. The minimum absolute atomic E-state index is 0.182. The minimum Gasteiger partial charge on any atom is -0.113 e. The van der Waals surface area contributed by atoms with Crippen molar-refractivity contribution >= 4 is 27.5 Å². The van der Waals surface area contributed by atoms with Gasteiger partial charge in [0.05, 0.1) is 5.41 Å². The third kappa shape index (κ3) is 2.70. The van der Waals surface area contributed by atoms with Gasteiger partial charge in [0.15, 0.2) is 0 Å². The second kappa shape index (κ2) is 7.80. The third-order valence-corrected chi connectivity index (χ3v) is 9.00. The van der Waals surface area contributed by atoms with Gasteiger partial charge in [-0.05, 0) is 70.4 Å². The standard InChI is InChI=1S/C34H26BP/c1-20-18-21(2)32(35)26(19-20)24-13-9-17-30-31(24)33(36)25-12-5-8-16-29(25)34(30)27-14-6-3-10-22(27)23-11-4-7-15-28(23)34/h3-12,14-19,24,36H,13H2,1-2H3. The number of rotatable bonds is 1. The maximum absolute atomic E-state index is 6.77. The van der Waals surface area contributed by atoms with Crippen molar-refractivity contribution in [2.24, 2.45) is 0 Å². The van der Waals surface area contributed by atoms with E-state index < -0.39 is 0 Å². The van der Waals surface area contributed by atoms with E-state index in [1.807, 2.05) is 0 Å². The van der Waals surface area contributed by atoms with Crippen LogP contribution in [0.3, 0.4) is 0 Å². The van der Waals surface area contributed by atoms with Gasteiger partial charge in [-0.25, -0.2) is 0 Å². The molecule has 0 saturated carbocycles. The van der Waals surface area contributed by atoms with Crippen molar-refractivity contribution in [3.05, 3.63) is 147 Å². The number of allylic oxidation sites excluding steroid dienone is 4. The topological polar surface area (TPSA) is 0 Å². The molecule has 0 bridgehead atoms. The highest BCUT2D eigenvalue weighted by molar-refractivity contribution is 7.23. The Morgan fingerprint density at radius 2 is 1.33 bits per heavy atom. The molecule has 0 heterocycles. The van der Waals surface area contributed by atoms with Gasteiger partial charge in [0.2, 0.25) is 0 Å². The van der Waals surface area contributed by atoms with Crippen LogP contribution in [0.1, 0.15) is 51.3 Å². The monoisotopic (exact) mass is 476 g/mol. The molecule has 0 nitrogen and oxygen atoms in total. The number of fused-ring (bicyclic) bond motifs is 8. The van der Waals surface area contributed by atoms with Crippen molar-refractivity contribution in [2.75, 3.05) is 0 Å². The summed E-state index contributed by atoms with van der Waals surface area (Å²) in [6.45, 7) is 4.29. The van der Waals surface area contributed by atoms with E-state index in [1.54, 1.807) is 0 Å². The number of benzene rings is 4. The Kier molecular flexibility index (Phi) is 4.73. The average molecular weight is 476 g/mol. The molecule has 0 fully saturated rings. The highest BCUT2D eigenvalue weighted by Gasteiger charge is 2.52. The number of hydrogen-bond donors (Lipinski definition) is 0. The van der Waals surface area contributed by atoms with Crippen molar-refractivity contribution in [1.29, 1.82) is 0 Å². The number of aryl methyl sites for hydroxylation is 2. The first-order chi connectivity index (χ1) is 17.5. The molecule has 0 saturated heterocycles. The third-order valence-electron chi connectivity index (χ3n) is 8.46. The first-order valence-electron chi connectivity index (χ1n) is 12.7. The van der Waals surface area contributed by atoms with Gasteiger partial charge >= 0.3 is 0 Å². The second-order valence-corrected chi connectivity index (χ2v) is 10.9. The van der Waals surface area contributed by atoms with Crippen LogP contribution in [0.15, 0.2) is 108 Å². The Labute approximate surface area is 217 Å². The fourth-order valence-electron chi connectivity index (χ4n) is 7.07. The van der Waals surface area contributed by atoms with Crippen LogP contribution in [0.25, 0.3) is 11.1 Å². The molecule has 1 unspecified atom stereocenters. The lowest BCUT2D eigenvalue weighted by Gasteiger charge is -2.45. The lowest BCUT2D eigenvalue weighted by atomic mass is 9.57. The van der Waals surface area contributed by atoms with Gasteiger partial charge in [-0.15, -0.1) is 8.86 Å². The highest BCUT2D eigenvalue weighted by Crippen LogP contribution is 2.61. The Balaban J connectivity index is 1.63. The summed E-state index contributed by atoms with van der Waals surface area (Å²) in [7, 11) is 11.0. The summed E-state index contributed by atoms with van der Waals surface area (Å²) in [5.74, 6) is 0.182. The summed E-state index contributed by atoms with van der Waals surface area (Å²) in [4.78, 5) is 0. The molecular weight excluding hydrogens is 450 g/mol. The van der Waals surface area contributed by atoms with Gasteiger partial charge in [0.25, 0.3) is 0 Å². The lowest BCUT2D eigenvalue weighted by molar-refractivity contribution is 0.708. The molecule has 170 valence electrons. The largest absolute Gasteiger partial charge is 0.114 e. The van der Waals surface area contributed by atoms with Crippen LogP contribution >= 0.6 is 8.86 Å². The average Bonchev–Trinajstić information content (AvgIpc) is 3.20. The summed E-state index contributed by atoms with van der Waals surface area (Å²) >= 11 is 0. The molecule has 1 spiro atoms. The lowest BCUT2D eigenvalue weighted by Crippen LogP contribution is -2.39. The van der Waals surface area contributed by atoms with Crippen LogP contribution in [-0.4, -0.2) is 13.1 Å². The quantitative estimate of drug-likeness (QED) is 0.203. The molecule has 3 aliphatic carbocycles. The molecule has 0 aliphatic heterocycles. The summed E-state index contributed by atoms with van der Waals surface area (Å²) < 4.78 is 0. The van der Waals surface area contributed by atoms with Crippen LogP contribution < -0.4 is 5.46 Å². The predicted octanol–water partition coefficient (Wildman–Crippen LogP) is 7.13. The van der Waals surface area contributed by atoms with Crippen LogP contribution in [0.2, 0.25) is 0 Å². The van der Waals surface area contributed by atoms with E-state index in [-0.39, 0.29) is 11.3 Å². The van der Waals surface area contributed by atoms with Gasteiger partial charge in [0.1, 0.15) is 7.85 Å². The molecule has 0 amide bonds. The van der Waals surface area contributed by atoms with E-state index in [0.29, 0.717) is 0 Å².